The molecule has 0 radical (unpaired) electrons. The largest absolute Gasteiger partial charge is 0.481 e. The van der Waals surface area contributed by atoms with Gasteiger partial charge >= 0.3 is 18.0 Å². The normalized spacial score (nSPS) is 16.8. The van der Waals surface area contributed by atoms with Crippen molar-refractivity contribution in [3.05, 3.63) is 47.4 Å². The number of ether oxygens (including phenoxy) is 2. The van der Waals surface area contributed by atoms with Gasteiger partial charge in [-0.05, 0) is 73.4 Å². The number of carboxylic acid groups (broad SMARTS) is 1. The van der Waals surface area contributed by atoms with Gasteiger partial charge in [0.05, 0.1) is 23.4 Å². The molecule has 0 aliphatic carbocycles. The van der Waals surface area contributed by atoms with Crippen LogP contribution in [0.5, 0.6) is 5.75 Å². The Bertz CT molecular complexity index is 1780. The third-order valence-corrected chi connectivity index (χ3v) is 10.3. The van der Waals surface area contributed by atoms with Crippen LogP contribution in [0.1, 0.15) is 102 Å². The fourth-order valence-electron chi connectivity index (χ4n) is 7.17. The molecule has 53 heavy (non-hydrogen) atoms. The fourth-order valence-corrected chi connectivity index (χ4v) is 7.17. The minimum absolute atomic E-state index is 0.00722. The fraction of sp³-hybridized carbons (Fsp3) is 0.575. The number of carbonyl (C=O) groups excluding carboxylic acids is 3. The molecule has 2 aromatic heterocycles. The average Bonchev–Trinajstić information content (AvgIpc) is 3.56. The highest BCUT2D eigenvalue weighted by Crippen LogP contribution is 2.31. The SMILES string of the molecule is Cc1cc(COC(=O)n2ccc3c(N(C)[C@H]4CN(C(=O)CC#N)CC[C@H]4C)ncnc32)cc(C)c1OC(=O)C(C)CCCCCCCC(C)CC(=O)O. The molecule has 1 N–H and O–H groups in total. The molecule has 1 saturated heterocycles. The predicted molar refractivity (Wildman–Crippen MR) is 200 cm³/mol. The molecule has 4 atom stereocenters. The molecule has 4 rings (SSSR count). The first kappa shape index (κ1) is 40.8. The van der Waals surface area contributed by atoms with Crippen molar-refractivity contribution in [2.75, 3.05) is 25.0 Å². The molecule has 3 heterocycles. The number of aliphatic carboxylic acids is 1. The molecule has 1 fully saturated rings. The molecule has 1 aliphatic heterocycles. The Morgan fingerprint density at radius 2 is 1.74 bits per heavy atom. The van der Waals surface area contributed by atoms with Crippen LogP contribution in [0.2, 0.25) is 0 Å². The maximum Gasteiger partial charge on any atom is 0.420 e. The van der Waals surface area contributed by atoms with Gasteiger partial charge in [0.2, 0.25) is 5.91 Å². The van der Waals surface area contributed by atoms with E-state index in [1.807, 2.05) is 57.8 Å². The van der Waals surface area contributed by atoms with E-state index in [-0.39, 0.29) is 55.1 Å². The summed E-state index contributed by atoms with van der Waals surface area (Å²) in [6, 6.07) is 7.39. The first-order chi connectivity index (χ1) is 25.3. The molecule has 13 heteroatoms. The molecule has 1 aromatic carbocycles. The van der Waals surface area contributed by atoms with Gasteiger partial charge in [-0.1, -0.05) is 59.3 Å². The molecule has 2 unspecified atom stereocenters. The van der Waals surface area contributed by atoms with E-state index in [0.29, 0.717) is 35.7 Å². The predicted octanol–water partition coefficient (Wildman–Crippen LogP) is 7.20. The number of hydrogen-bond donors (Lipinski definition) is 1. The summed E-state index contributed by atoms with van der Waals surface area (Å²) >= 11 is 0. The molecule has 3 aromatic rings. The number of rotatable bonds is 17. The molecule has 1 amide bonds. The number of unbranched alkanes of at least 4 members (excludes halogenated alkanes) is 4. The highest BCUT2D eigenvalue weighted by Gasteiger charge is 2.33. The molecule has 1 aliphatic rings. The maximum absolute atomic E-state index is 13.3. The number of esters is 1. The van der Waals surface area contributed by atoms with E-state index in [0.717, 1.165) is 68.1 Å². The van der Waals surface area contributed by atoms with Crippen LogP contribution < -0.4 is 9.64 Å². The van der Waals surface area contributed by atoms with Crippen LogP contribution in [-0.4, -0.2) is 74.7 Å². The highest BCUT2D eigenvalue weighted by molar-refractivity contribution is 5.93. The number of piperidine rings is 1. The van der Waals surface area contributed by atoms with E-state index in [1.165, 1.54) is 10.9 Å². The van der Waals surface area contributed by atoms with Crippen molar-refractivity contribution in [3.63, 3.8) is 0 Å². The van der Waals surface area contributed by atoms with E-state index < -0.39 is 12.1 Å². The lowest BCUT2D eigenvalue weighted by Gasteiger charge is -2.42. The number of nitriles is 1. The van der Waals surface area contributed by atoms with Gasteiger partial charge in [-0.25, -0.2) is 19.3 Å². The van der Waals surface area contributed by atoms with Gasteiger partial charge in [-0.3, -0.25) is 14.4 Å². The lowest BCUT2D eigenvalue weighted by molar-refractivity contribution is -0.139. The average molecular weight is 731 g/mol. The Labute approximate surface area is 312 Å². The summed E-state index contributed by atoms with van der Waals surface area (Å²) in [5, 5.41) is 18.6. The number of aromatic nitrogens is 3. The number of benzene rings is 1. The van der Waals surface area contributed by atoms with E-state index >= 15 is 0 Å². The Morgan fingerprint density at radius 1 is 1.06 bits per heavy atom. The van der Waals surface area contributed by atoms with Gasteiger partial charge in [0.25, 0.3) is 0 Å². The number of carboxylic acids is 1. The Kier molecular flexibility index (Phi) is 14.8. The van der Waals surface area contributed by atoms with Crippen LogP contribution in [0.15, 0.2) is 30.7 Å². The number of anilines is 1. The van der Waals surface area contributed by atoms with Gasteiger partial charge in [-0.15, -0.1) is 0 Å². The highest BCUT2D eigenvalue weighted by atomic mass is 16.6. The molecule has 0 spiro atoms. The summed E-state index contributed by atoms with van der Waals surface area (Å²) in [7, 11) is 1.92. The first-order valence-electron chi connectivity index (χ1n) is 18.7. The zero-order valence-corrected chi connectivity index (χ0v) is 32.0. The van der Waals surface area contributed by atoms with Crippen LogP contribution in [0.4, 0.5) is 10.6 Å². The Hall–Kier alpha value is -4.99. The molecule has 0 bridgehead atoms. The van der Waals surface area contributed by atoms with E-state index in [9.17, 15) is 19.2 Å². The van der Waals surface area contributed by atoms with Gasteiger partial charge in [-0.2, -0.15) is 5.26 Å². The maximum atomic E-state index is 13.3. The summed E-state index contributed by atoms with van der Waals surface area (Å²) in [5.41, 5.74) is 2.70. The number of amides is 1. The van der Waals surface area contributed by atoms with Gasteiger partial charge in [0.15, 0.2) is 5.65 Å². The number of likely N-dealkylation sites (N-methyl/N-ethyl adjacent to an activating group) is 1. The lowest BCUT2D eigenvalue weighted by atomic mass is 9.92. The number of aryl methyl sites for hydroxylation is 2. The number of likely N-dealkylation sites (tertiary alicyclic amines) is 1. The first-order valence-corrected chi connectivity index (χ1v) is 18.7. The van der Waals surface area contributed by atoms with E-state index in [4.69, 9.17) is 19.8 Å². The van der Waals surface area contributed by atoms with Crippen LogP contribution in [0.25, 0.3) is 11.0 Å². The second-order valence-electron chi connectivity index (χ2n) is 14.7. The topological polar surface area (TPSA) is 168 Å². The smallest absolute Gasteiger partial charge is 0.420 e. The van der Waals surface area contributed by atoms with Crippen molar-refractivity contribution in [3.8, 4) is 11.8 Å². The van der Waals surface area contributed by atoms with Crippen molar-refractivity contribution >= 4 is 40.8 Å². The zero-order chi connectivity index (χ0) is 38.7. The van der Waals surface area contributed by atoms with Crippen molar-refractivity contribution < 1.29 is 33.8 Å². The molecule has 13 nitrogen and oxygen atoms in total. The second kappa shape index (κ2) is 19.2. The number of hydrogen-bond acceptors (Lipinski definition) is 10. The minimum atomic E-state index is -0.743. The molecular formula is C40H54N6O7. The second-order valence-corrected chi connectivity index (χ2v) is 14.7. The van der Waals surface area contributed by atoms with Crippen molar-refractivity contribution in [2.24, 2.45) is 17.8 Å². The summed E-state index contributed by atoms with van der Waals surface area (Å²) in [6.07, 6.45) is 10.0. The number of carbonyl (C=O) groups is 4. The molecular weight excluding hydrogens is 676 g/mol. The Balaban J connectivity index is 1.30. The van der Waals surface area contributed by atoms with E-state index in [1.54, 1.807) is 17.2 Å². The summed E-state index contributed by atoms with van der Waals surface area (Å²) in [4.78, 5) is 62.2. The van der Waals surface area contributed by atoms with Crippen molar-refractivity contribution in [1.29, 1.82) is 5.26 Å². The summed E-state index contributed by atoms with van der Waals surface area (Å²) in [6.45, 7) is 10.8. The van der Waals surface area contributed by atoms with Crippen LogP contribution >= 0.6 is 0 Å². The molecule has 286 valence electrons. The summed E-state index contributed by atoms with van der Waals surface area (Å²) < 4.78 is 12.9. The van der Waals surface area contributed by atoms with E-state index in [2.05, 4.69) is 16.9 Å². The van der Waals surface area contributed by atoms with Crippen LogP contribution in [0, 0.1) is 42.9 Å². The zero-order valence-electron chi connectivity index (χ0n) is 32.0. The van der Waals surface area contributed by atoms with Gasteiger partial charge < -0.3 is 24.4 Å². The lowest BCUT2D eigenvalue weighted by Crippen LogP contribution is -2.52. The van der Waals surface area contributed by atoms with Crippen molar-refractivity contribution in [1.82, 2.24) is 19.4 Å². The monoisotopic (exact) mass is 730 g/mol. The van der Waals surface area contributed by atoms with Gasteiger partial charge in [0, 0.05) is 32.8 Å². The standard InChI is InChI=1S/C40H54N6O7/c1-26(20-35(48)49)12-10-8-7-9-11-13-28(3)39(50)53-36-29(4)21-31(22-30(36)5)24-52-40(51)46-19-16-32-37(42-25-43-38(32)46)44(6)33-23-45(18-15-27(33)2)34(47)14-17-41/h16,19,21-22,25-28,33H,7-15,18,20,23-24H2,1-6H3,(H,48,49)/t26?,27-,28?,33+/m1/s1. The molecule has 0 saturated carbocycles. The minimum Gasteiger partial charge on any atom is -0.481 e. The van der Waals surface area contributed by atoms with Crippen molar-refractivity contribution in [2.45, 2.75) is 111 Å². The summed E-state index contributed by atoms with van der Waals surface area (Å²) in [5.74, 6) is 0.183. The number of fused-ring (bicyclic) bond motifs is 1. The van der Waals surface area contributed by atoms with Crippen LogP contribution in [0.3, 0.4) is 0 Å². The van der Waals surface area contributed by atoms with Crippen LogP contribution in [-0.2, 0) is 25.7 Å². The Morgan fingerprint density at radius 3 is 2.42 bits per heavy atom. The third kappa shape index (κ3) is 11.0. The quantitative estimate of drug-likeness (QED) is 0.0847. The number of nitrogens with zero attached hydrogens (tertiary/aromatic N) is 6. The third-order valence-electron chi connectivity index (χ3n) is 10.3. The van der Waals surface area contributed by atoms with Gasteiger partial charge in [0.1, 0.15) is 30.9 Å².